The Hall–Kier alpha value is -3.47. The molecule has 4 rings (SSSR count). The van der Waals surface area contributed by atoms with Crippen molar-refractivity contribution in [2.24, 2.45) is 0 Å². The van der Waals surface area contributed by atoms with Crippen LogP contribution in [0.15, 0.2) is 47.4 Å². The average molecular weight is 478 g/mol. The highest BCUT2D eigenvalue weighted by Gasteiger charge is 2.31. The zero-order chi connectivity index (χ0) is 24.5. The van der Waals surface area contributed by atoms with Crippen LogP contribution in [0, 0.1) is 6.92 Å². The first kappa shape index (κ1) is 23.7. The van der Waals surface area contributed by atoms with Crippen LogP contribution in [0.4, 0.5) is 19.0 Å². The summed E-state index contributed by atoms with van der Waals surface area (Å²) in [5.74, 6) is 0.0145. The van der Waals surface area contributed by atoms with Crippen molar-refractivity contribution in [3.63, 3.8) is 0 Å². The fourth-order valence-corrected chi connectivity index (χ4v) is 4.10. The number of halogens is 3. The number of alkyl halides is 3. The first-order valence-electron chi connectivity index (χ1n) is 10.9. The average Bonchev–Trinajstić information content (AvgIpc) is 3.40. The van der Waals surface area contributed by atoms with Gasteiger partial charge in [-0.25, -0.2) is 14.3 Å². The molecule has 0 saturated carbocycles. The van der Waals surface area contributed by atoms with Gasteiger partial charge in [0.15, 0.2) is 6.23 Å². The van der Waals surface area contributed by atoms with Crippen LogP contribution in [-0.2, 0) is 4.74 Å². The maximum Gasteiger partial charge on any atom is 0.573 e. The summed E-state index contributed by atoms with van der Waals surface area (Å²) in [4.78, 5) is 20.0. The van der Waals surface area contributed by atoms with Crippen LogP contribution < -0.4 is 15.3 Å². The van der Waals surface area contributed by atoms with Crippen molar-refractivity contribution in [1.82, 2.24) is 14.1 Å². The Morgan fingerprint density at radius 1 is 1.15 bits per heavy atom. The number of nitrogens with zero attached hydrogens (tertiary/aromatic N) is 4. The van der Waals surface area contributed by atoms with Crippen LogP contribution in [0.1, 0.15) is 37.3 Å². The van der Waals surface area contributed by atoms with Gasteiger partial charge < -0.3 is 19.5 Å². The van der Waals surface area contributed by atoms with E-state index in [1.807, 2.05) is 6.07 Å². The van der Waals surface area contributed by atoms with Gasteiger partial charge in [-0.1, -0.05) is 0 Å². The quantitative estimate of drug-likeness (QED) is 0.550. The maximum absolute atomic E-state index is 13.4. The number of hydrogen-bond donors (Lipinski definition) is 1. The Morgan fingerprint density at radius 2 is 1.82 bits per heavy atom. The molecule has 182 valence electrons. The lowest BCUT2D eigenvalue weighted by molar-refractivity contribution is -0.274. The fourth-order valence-electron chi connectivity index (χ4n) is 4.10. The Balaban J connectivity index is 1.73. The lowest BCUT2D eigenvalue weighted by Crippen LogP contribution is -2.30. The highest BCUT2D eigenvalue weighted by molar-refractivity contribution is 5.44. The number of ether oxygens (including phenoxy) is 2. The zero-order valence-electron chi connectivity index (χ0n) is 18.7. The molecule has 34 heavy (non-hydrogen) atoms. The number of rotatable bonds is 7. The van der Waals surface area contributed by atoms with E-state index in [2.05, 4.69) is 14.6 Å². The number of pyridine rings is 1. The first-order valence-corrected chi connectivity index (χ1v) is 10.9. The molecular formula is C23H25F3N4O4. The van der Waals surface area contributed by atoms with Gasteiger partial charge in [-0.05, 0) is 63.1 Å². The van der Waals surface area contributed by atoms with E-state index in [1.54, 1.807) is 26.1 Å². The van der Waals surface area contributed by atoms with Gasteiger partial charge in [0.05, 0.1) is 11.4 Å². The molecule has 1 aliphatic heterocycles. The highest BCUT2D eigenvalue weighted by atomic mass is 19.4. The van der Waals surface area contributed by atoms with Crippen LogP contribution in [0.3, 0.4) is 0 Å². The van der Waals surface area contributed by atoms with E-state index in [4.69, 9.17) is 4.74 Å². The van der Waals surface area contributed by atoms with Crippen molar-refractivity contribution in [3.8, 4) is 17.3 Å². The molecule has 1 atom stereocenters. The standard InChI is InChI=1S/C23H25F3N4O4/c1-3-33-21(16-10-11-27-19(14-16)28-12-4-5-13-28)29-15(2)20(31)30(22(29)32)17-6-8-18(9-7-17)34-23(24,25)26/h6-11,14,21,31H,3-5,12-13H2,1-2H3. The van der Waals surface area contributed by atoms with Crippen LogP contribution in [-0.4, -0.2) is 45.3 Å². The number of imidazole rings is 1. The summed E-state index contributed by atoms with van der Waals surface area (Å²) >= 11 is 0. The second kappa shape index (κ2) is 9.41. The summed E-state index contributed by atoms with van der Waals surface area (Å²) in [7, 11) is 0. The monoisotopic (exact) mass is 478 g/mol. The molecule has 0 spiro atoms. The molecule has 1 fully saturated rings. The molecule has 0 amide bonds. The smallest absolute Gasteiger partial charge is 0.493 e. The molecule has 3 aromatic rings. The summed E-state index contributed by atoms with van der Waals surface area (Å²) in [6.07, 6.45) is -1.83. The minimum atomic E-state index is -4.83. The lowest BCUT2D eigenvalue weighted by Gasteiger charge is -2.22. The topological polar surface area (TPSA) is 81.8 Å². The molecule has 1 aliphatic rings. The maximum atomic E-state index is 13.4. The van der Waals surface area contributed by atoms with Crippen molar-refractivity contribution in [3.05, 3.63) is 64.3 Å². The minimum absolute atomic E-state index is 0.182. The van der Waals surface area contributed by atoms with E-state index in [0.717, 1.165) is 48.4 Å². The number of benzene rings is 1. The number of aromatic nitrogens is 3. The van der Waals surface area contributed by atoms with Gasteiger partial charge in [-0.15, -0.1) is 13.2 Å². The third-order valence-corrected chi connectivity index (χ3v) is 5.67. The van der Waals surface area contributed by atoms with E-state index >= 15 is 0 Å². The van der Waals surface area contributed by atoms with E-state index in [-0.39, 0.29) is 17.3 Å². The van der Waals surface area contributed by atoms with Gasteiger partial charge >= 0.3 is 12.1 Å². The van der Waals surface area contributed by atoms with E-state index in [9.17, 15) is 23.1 Å². The molecule has 0 aliphatic carbocycles. The largest absolute Gasteiger partial charge is 0.573 e. The van der Waals surface area contributed by atoms with Gasteiger partial charge in [-0.2, -0.15) is 0 Å². The third kappa shape index (κ3) is 4.74. The molecule has 3 heterocycles. The molecule has 1 unspecified atom stereocenters. The second-order valence-electron chi connectivity index (χ2n) is 7.89. The summed E-state index contributed by atoms with van der Waals surface area (Å²) in [6.45, 7) is 5.47. The molecule has 1 saturated heterocycles. The number of hydrogen-bond acceptors (Lipinski definition) is 6. The third-order valence-electron chi connectivity index (χ3n) is 5.67. The van der Waals surface area contributed by atoms with E-state index < -0.39 is 24.0 Å². The SMILES string of the molecule is CCOC(c1ccnc(N2CCCC2)c1)n1c(C)c(O)n(-c2ccc(OC(F)(F)F)cc2)c1=O. The van der Waals surface area contributed by atoms with Gasteiger partial charge in [0, 0.05) is 31.5 Å². The van der Waals surface area contributed by atoms with Crippen molar-refractivity contribution in [1.29, 1.82) is 0 Å². The number of anilines is 1. The molecule has 8 nitrogen and oxygen atoms in total. The number of aromatic hydroxyl groups is 1. The summed E-state index contributed by atoms with van der Waals surface area (Å²) < 4.78 is 49.5. The van der Waals surface area contributed by atoms with Crippen molar-refractivity contribution >= 4 is 5.82 Å². The van der Waals surface area contributed by atoms with Crippen LogP contribution in [0.2, 0.25) is 0 Å². The Labute approximate surface area is 193 Å². The van der Waals surface area contributed by atoms with Crippen LogP contribution in [0.25, 0.3) is 5.69 Å². The van der Waals surface area contributed by atoms with E-state index in [1.165, 1.54) is 16.7 Å². The normalized spacial score (nSPS) is 15.0. The molecule has 0 radical (unpaired) electrons. The lowest BCUT2D eigenvalue weighted by atomic mass is 10.2. The zero-order valence-corrected chi connectivity index (χ0v) is 18.7. The van der Waals surface area contributed by atoms with Gasteiger partial charge in [0.25, 0.3) is 0 Å². The minimum Gasteiger partial charge on any atom is -0.493 e. The fraction of sp³-hybridized carbons (Fsp3) is 0.391. The van der Waals surface area contributed by atoms with Crippen molar-refractivity contribution < 1.29 is 27.8 Å². The van der Waals surface area contributed by atoms with E-state index in [0.29, 0.717) is 12.2 Å². The highest BCUT2D eigenvalue weighted by Crippen LogP contribution is 2.30. The second-order valence-corrected chi connectivity index (χ2v) is 7.89. The van der Waals surface area contributed by atoms with Gasteiger partial charge in [0.2, 0.25) is 5.88 Å². The molecule has 0 bridgehead atoms. The van der Waals surface area contributed by atoms with Crippen LogP contribution in [0.5, 0.6) is 11.6 Å². The van der Waals surface area contributed by atoms with Crippen molar-refractivity contribution in [2.75, 3.05) is 24.6 Å². The molecule has 1 N–H and O–H groups in total. The summed E-state index contributed by atoms with van der Waals surface area (Å²) in [5.41, 5.74) is 0.521. The first-order chi connectivity index (χ1) is 16.2. The summed E-state index contributed by atoms with van der Waals surface area (Å²) in [6, 6.07) is 8.30. The predicted molar refractivity (Wildman–Crippen MR) is 119 cm³/mol. The Bertz CT molecular complexity index is 1200. The van der Waals surface area contributed by atoms with Gasteiger partial charge in [0.1, 0.15) is 11.6 Å². The molecular weight excluding hydrogens is 453 g/mol. The Kier molecular flexibility index (Phi) is 6.56. The van der Waals surface area contributed by atoms with Gasteiger partial charge in [-0.3, -0.25) is 4.57 Å². The van der Waals surface area contributed by atoms with Crippen LogP contribution >= 0.6 is 0 Å². The Morgan fingerprint density at radius 3 is 2.44 bits per heavy atom. The molecule has 11 heteroatoms. The predicted octanol–water partition coefficient (Wildman–Crippen LogP) is 4.13. The summed E-state index contributed by atoms with van der Waals surface area (Å²) in [5, 5.41) is 10.8. The molecule has 1 aromatic carbocycles. The molecule has 2 aromatic heterocycles. The van der Waals surface area contributed by atoms with Crippen molar-refractivity contribution in [2.45, 2.75) is 39.3 Å².